The molecule has 0 saturated carbocycles. The van der Waals surface area contributed by atoms with Crippen LogP contribution in [-0.4, -0.2) is 10.1 Å². The predicted octanol–water partition coefficient (Wildman–Crippen LogP) is 1.82. The zero-order valence-electron chi connectivity index (χ0n) is 8.85. The van der Waals surface area contributed by atoms with Gasteiger partial charge in [-0.15, -0.1) is 0 Å². The first-order chi connectivity index (χ1) is 7.65. The summed E-state index contributed by atoms with van der Waals surface area (Å²) in [4.78, 5) is 4.13. The predicted molar refractivity (Wildman–Crippen MR) is 56.1 cm³/mol. The number of hydrogen-bond donors (Lipinski definition) is 1. The monoisotopic (exact) mass is 221 g/mol. The molecule has 1 aromatic carbocycles. The summed E-state index contributed by atoms with van der Waals surface area (Å²) in [6, 6.07) is 5.92. The van der Waals surface area contributed by atoms with Gasteiger partial charge in [0, 0.05) is 6.42 Å². The van der Waals surface area contributed by atoms with Gasteiger partial charge in [-0.2, -0.15) is 4.98 Å². The van der Waals surface area contributed by atoms with Crippen molar-refractivity contribution >= 4 is 0 Å². The van der Waals surface area contributed by atoms with E-state index in [9.17, 15) is 4.39 Å². The highest BCUT2D eigenvalue weighted by atomic mass is 19.1. The van der Waals surface area contributed by atoms with Gasteiger partial charge in [0.1, 0.15) is 5.82 Å². The second-order valence-electron chi connectivity index (χ2n) is 3.64. The minimum atomic E-state index is -0.269. The third-order valence-corrected chi connectivity index (χ3v) is 2.15. The maximum atomic E-state index is 12.7. The van der Waals surface area contributed by atoms with Crippen molar-refractivity contribution in [1.82, 2.24) is 10.1 Å². The fourth-order valence-corrected chi connectivity index (χ4v) is 1.31. The van der Waals surface area contributed by atoms with Crippen molar-refractivity contribution in [2.24, 2.45) is 5.73 Å². The maximum absolute atomic E-state index is 12.7. The number of benzene rings is 1. The molecule has 0 aliphatic carbocycles. The van der Waals surface area contributed by atoms with Crippen molar-refractivity contribution in [3.05, 3.63) is 47.4 Å². The van der Waals surface area contributed by atoms with Crippen LogP contribution in [0.15, 0.2) is 28.8 Å². The summed E-state index contributed by atoms with van der Waals surface area (Å²) in [5.41, 5.74) is 6.52. The highest BCUT2D eigenvalue weighted by Gasteiger charge is 2.10. The van der Waals surface area contributed by atoms with E-state index >= 15 is 0 Å². The Morgan fingerprint density at radius 3 is 2.62 bits per heavy atom. The van der Waals surface area contributed by atoms with Crippen LogP contribution >= 0.6 is 0 Å². The smallest absolute Gasteiger partial charge is 0.243 e. The molecule has 0 fully saturated rings. The number of rotatable bonds is 3. The largest absolute Gasteiger partial charge is 0.338 e. The molecule has 5 heteroatoms. The highest BCUT2D eigenvalue weighted by molar-refractivity contribution is 5.19. The van der Waals surface area contributed by atoms with E-state index in [1.165, 1.54) is 12.1 Å². The van der Waals surface area contributed by atoms with E-state index < -0.39 is 0 Å². The molecule has 2 N–H and O–H groups in total. The van der Waals surface area contributed by atoms with Crippen LogP contribution in [0.4, 0.5) is 4.39 Å². The molecule has 2 rings (SSSR count). The number of nitrogens with zero attached hydrogens (tertiary/aromatic N) is 2. The van der Waals surface area contributed by atoms with Crippen molar-refractivity contribution < 1.29 is 8.91 Å². The molecule has 1 aromatic heterocycles. The van der Waals surface area contributed by atoms with Crippen LogP contribution in [-0.2, 0) is 6.42 Å². The SMILES string of the molecule is CC(N)c1nc(Cc2ccc(F)cc2)no1. The summed E-state index contributed by atoms with van der Waals surface area (Å²) in [5.74, 6) is 0.712. The van der Waals surface area contributed by atoms with Crippen molar-refractivity contribution in [2.75, 3.05) is 0 Å². The number of nitrogens with two attached hydrogens (primary N) is 1. The first-order valence-electron chi connectivity index (χ1n) is 4.97. The lowest BCUT2D eigenvalue weighted by Crippen LogP contribution is -2.05. The number of aromatic nitrogens is 2. The lowest BCUT2D eigenvalue weighted by atomic mass is 10.1. The molecule has 0 saturated heterocycles. The van der Waals surface area contributed by atoms with Gasteiger partial charge < -0.3 is 10.3 Å². The normalized spacial score (nSPS) is 12.7. The van der Waals surface area contributed by atoms with E-state index in [0.29, 0.717) is 18.1 Å². The van der Waals surface area contributed by atoms with E-state index in [1.807, 2.05) is 0 Å². The molecule has 0 spiro atoms. The molecular weight excluding hydrogens is 209 g/mol. The van der Waals surface area contributed by atoms with Crippen LogP contribution in [0.1, 0.15) is 30.2 Å². The molecule has 0 aliphatic rings. The lowest BCUT2D eigenvalue weighted by molar-refractivity contribution is 0.358. The maximum Gasteiger partial charge on any atom is 0.243 e. The molecule has 0 radical (unpaired) electrons. The van der Waals surface area contributed by atoms with Gasteiger partial charge in [0.05, 0.1) is 6.04 Å². The molecular formula is C11H12FN3O. The molecule has 16 heavy (non-hydrogen) atoms. The molecule has 2 aromatic rings. The molecule has 0 bridgehead atoms. The Bertz CT molecular complexity index is 464. The molecule has 1 unspecified atom stereocenters. The summed E-state index contributed by atoms with van der Waals surface area (Å²) in [7, 11) is 0. The van der Waals surface area contributed by atoms with E-state index in [4.69, 9.17) is 10.3 Å². The Labute approximate surface area is 92.3 Å². The Balaban J connectivity index is 2.11. The van der Waals surface area contributed by atoms with Gasteiger partial charge in [-0.1, -0.05) is 17.3 Å². The summed E-state index contributed by atoms with van der Waals surface area (Å²) in [6.07, 6.45) is 0.510. The van der Waals surface area contributed by atoms with Crippen LogP contribution < -0.4 is 5.73 Å². The highest BCUT2D eigenvalue weighted by Crippen LogP contribution is 2.10. The lowest BCUT2D eigenvalue weighted by Gasteiger charge is -1.96. The van der Waals surface area contributed by atoms with Crippen LogP contribution in [0, 0.1) is 5.82 Å². The van der Waals surface area contributed by atoms with Gasteiger partial charge in [0.15, 0.2) is 5.82 Å². The number of hydrogen-bond acceptors (Lipinski definition) is 4. The molecule has 0 amide bonds. The van der Waals surface area contributed by atoms with Crippen molar-refractivity contribution in [1.29, 1.82) is 0 Å². The van der Waals surface area contributed by atoms with Gasteiger partial charge in [0.2, 0.25) is 5.89 Å². The number of halogens is 1. The standard InChI is InChI=1S/C11H12FN3O/c1-7(13)11-14-10(15-16-11)6-8-2-4-9(12)5-3-8/h2-5,7H,6,13H2,1H3. The molecule has 4 nitrogen and oxygen atoms in total. The average Bonchev–Trinajstić information content (AvgIpc) is 2.70. The van der Waals surface area contributed by atoms with E-state index in [1.54, 1.807) is 19.1 Å². The minimum Gasteiger partial charge on any atom is -0.338 e. The fraction of sp³-hybridized carbons (Fsp3) is 0.273. The third kappa shape index (κ3) is 2.43. The zero-order chi connectivity index (χ0) is 11.5. The summed E-state index contributed by atoms with van der Waals surface area (Å²) in [5, 5.41) is 3.80. The van der Waals surface area contributed by atoms with Crippen molar-refractivity contribution in [3.63, 3.8) is 0 Å². The Hall–Kier alpha value is -1.75. The molecule has 1 atom stereocenters. The molecule has 1 heterocycles. The first-order valence-corrected chi connectivity index (χ1v) is 4.97. The van der Waals surface area contributed by atoms with E-state index in [-0.39, 0.29) is 11.9 Å². The van der Waals surface area contributed by atoms with Crippen molar-refractivity contribution in [2.45, 2.75) is 19.4 Å². The van der Waals surface area contributed by atoms with Gasteiger partial charge in [0.25, 0.3) is 0 Å². The van der Waals surface area contributed by atoms with Gasteiger partial charge in [-0.25, -0.2) is 4.39 Å². The average molecular weight is 221 g/mol. The van der Waals surface area contributed by atoms with E-state index in [2.05, 4.69) is 10.1 Å². The Morgan fingerprint density at radius 2 is 2.06 bits per heavy atom. The second-order valence-corrected chi connectivity index (χ2v) is 3.64. The van der Waals surface area contributed by atoms with Gasteiger partial charge in [-0.05, 0) is 24.6 Å². The van der Waals surface area contributed by atoms with Gasteiger partial charge >= 0.3 is 0 Å². The Morgan fingerprint density at radius 1 is 1.38 bits per heavy atom. The van der Waals surface area contributed by atoms with E-state index in [0.717, 1.165) is 5.56 Å². The molecule has 0 aliphatic heterocycles. The zero-order valence-corrected chi connectivity index (χ0v) is 8.85. The topological polar surface area (TPSA) is 64.9 Å². The quantitative estimate of drug-likeness (QED) is 0.858. The second kappa shape index (κ2) is 4.40. The summed E-state index contributed by atoms with van der Waals surface area (Å²) >= 11 is 0. The minimum absolute atomic E-state index is 0.256. The van der Waals surface area contributed by atoms with Crippen LogP contribution in [0.2, 0.25) is 0 Å². The summed E-state index contributed by atoms with van der Waals surface area (Å²) < 4.78 is 17.6. The Kier molecular flexibility index (Phi) is 2.96. The van der Waals surface area contributed by atoms with Crippen molar-refractivity contribution in [3.8, 4) is 0 Å². The summed E-state index contributed by atoms with van der Waals surface area (Å²) in [6.45, 7) is 1.77. The van der Waals surface area contributed by atoms with Crippen LogP contribution in [0.3, 0.4) is 0 Å². The first kappa shape index (κ1) is 10.8. The fourth-order valence-electron chi connectivity index (χ4n) is 1.31. The van der Waals surface area contributed by atoms with Crippen LogP contribution in [0.5, 0.6) is 0 Å². The van der Waals surface area contributed by atoms with Crippen LogP contribution in [0.25, 0.3) is 0 Å². The molecule has 84 valence electrons. The third-order valence-electron chi connectivity index (χ3n) is 2.15. The van der Waals surface area contributed by atoms with Gasteiger partial charge in [-0.3, -0.25) is 0 Å².